The molecule has 0 aliphatic carbocycles. The van der Waals surface area contributed by atoms with Crippen LogP contribution in [0.5, 0.6) is 5.75 Å². The molecule has 1 atom stereocenters. The fourth-order valence-electron chi connectivity index (χ4n) is 2.09. The van der Waals surface area contributed by atoms with Gasteiger partial charge in [0.25, 0.3) is 0 Å². The summed E-state index contributed by atoms with van der Waals surface area (Å²) in [6.07, 6.45) is 3.00. The molecular weight excluding hydrogens is 320 g/mol. The van der Waals surface area contributed by atoms with Crippen LogP contribution in [0.1, 0.15) is 25.7 Å². The average Bonchev–Trinajstić information content (AvgIpc) is 3.00. The predicted molar refractivity (Wildman–Crippen MR) is 88.9 cm³/mol. The number of carboxylic acids is 1. The molecule has 2 N–H and O–H groups in total. The third kappa shape index (κ3) is 5.26. The van der Waals surface area contributed by atoms with E-state index in [9.17, 15) is 4.79 Å². The number of nitrogens with one attached hydrogen (secondary N) is 1. The fourth-order valence-corrected chi connectivity index (χ4v) is 2.09. The van der Waals surface area contributed by atoms with E-state index in [4.69, 9.17) is 14.3 Å². The van der Waals surface area contributed by atoms with Gasteiger partial charge in [0.15, 0.2) is 5.76 Å². The number of rotatable bonds is 8. The van der Waals surface area contributed by atoms with Gasteiger partial charge in [0.05, 0.1) is 19.9 Å². The van der Waals surface area contributed by atoms with Crippen LogP contribution in [-0.4, -0.2) is 29.2 Å². The number of halogens is 1. The Kier molecular flexibility index (Phi) is 7.57. The molecule has 7 heteroatoms. The standard InChI is InChI=1S/C16H20N2O4.ClH/c1-3-4-13(16(19)20)17-10-15-18-9-14(22-15)11-5-7-12(21-2)8-6-11;/h5-9,13,17H,3-4,10H2,1-2H3,(H,19,20);1H. The quantitative estimate of drug-likeness (QED) is 0.768. The summed E-state index contributed by atoms with van der Waals surface area (Å²) in [4.78, 5) is 15.2. The van der Waals surface area contributed by atoms with Crippen molar-refractivity contribution in [2.45, 2.75) is 32.4 Å². The minimum absolute atomic E-state index is 0. The average molecular weight is 341 g/mol. The molecule has 23 heavy (non-hydrogen) atoms. The van der Waals surface area contributed by atoms with E-state index in [0.29, 0.717) is 18.1 Å². The van der Waals surface area contributed by atoms with Gasteiger partial charge in [-0.1, -0.05) is 13.3 Å². The highest BCUT2D eigenvalue weighted by Gasteiger charge is 2.16. The minimum Gasteiger partial charge on any atom is -0.497 e. The first-order valence-electron chi connectivity index (χ1n) is 7.19. The van der Waals surface area contributed by atoms with Crippen LogP contribution in [0.15, 0.2) is 34.9 Å². The number of aromatic nitrogens is 1. The fraction of sp³-hybridized carbons (Fsp3) is 0.375. The van der Waals surface area contributed by atoms with E-state index in [2.05, 4.69) is 10.3 Å². The lowest BCUT2D eigenvalue weighted by Crippen LogP contribution is -2.36. The molecule has 0 spiro atoms. The number of carbonyl (C=O) groups is 1. The van der Waals surface area contributed by atoms with Crippen molar-refractivity contribution < 1.29 is 19.1 Å². The zero-order valence-corrected chi connectivity index (χ0v) is 13.9. The Bertz CT molecular complexity index is 613. The number of ether oxygens (including phenoxy) is 1. The first kappa shape index (κ1) is 19.0. The van der Waals surface area contributed by atoms with E-state index in [0.717, 1.165) is 17.7 Å². The zero-order chi connectivity index (χ0) is 15.9. The number of carboxylic acid groups (broad SMARTS) is 1. The highest BCUT2D eigenvalue weighted by atomic mass is 35.5. The molecule has 0 saturated heterocycles. The van der Waals surface area contributed by atoms with Crippen molar-refractivity contribution in [3.8, 4) is 17.1 Å². The van der Waals surface area contributed by atoms with E-state index in [1.54, 1.807) is 13.3 Å². The van der Waals surface area contributed by atoms with E-state index in [1.165, 1.54) is 0 Å². The number of benzene rings is 1. The summed E-state index contributed by atoms with van der Waals surface area (Å²) in [7, 11) is 1.61. The number of hydrogen-bond acceptors (Lipinski definition) is 5. The highest BCUT2D eigenvalue weighted by molar-refractivity contribution is 5.85. The van der Waals surface area contributed by atoms with Gasteiger partial charge in [-0.2, -0.15) is 0 Å². The normalized spacial score (nSPS) is 11.6. The molecule has 0 aliphatic heterocycles. The van der Waals surface area contributed by atoms with Crippen molar-refractivity contribution in [1.82, 2.24) is 10.3 Å². The van der Waals surface area contributed by atoms with Crippen molar-refractivity contribution in [3.63, 3.8) is 0 Å². The summed E-state index contributed by atoms with van der Waals surface area (Å²) >= 11 is 0. The lowest BCUT2D eigenvalue weighted by Gasteiger charge is -2.11. The van der Waals surface area contributed by atoms with Crippen LogP contribution in [0.25, 0.3) is 11.3 Å². The molecule has 2 rings (SSSR count). The lowest BCUT2D eigenvalue weighted by atomic mass is 10.2. The van der Waals surface area contributed by atoms with Crippen molar-refractivity contribution in [3.05, 3.63) is 36.4 Å². The molecule has 1 heterocycles. The van der Waals surface area contributed by atoms with Gasteiger partial charge in [0.1, 0.15) is 11.8 Å². The van der Waals surface area contributed by atoms with Gasteiger partial charge < -0.3 is 14.3 Å². The molecule has 6 nitrogen and oxygen atoms in total. The number of hydrogen-bond donors (Lipinski definition) is 2. The smallest absolute Gasteiger partial charge is 0.320 e. The number of aliphatic carboxylic acids is 1. The molecule has 0 bridgehead atoms. The SMILES string of the molecule is CCCC(NCc1ncc(-c2ccc(OC)cc2)o1)C(=O)O.Cl. The van der Waals surface area contributed by atoms with Crippen LogP contribution in [-0.2, 0) is 11.3 Å². The van der Waals surface area contributed by atoms with Crippen LogP contribution in [0.3, 0.4) is 0 Å². The monoisotopic (exact) mass is 340 g/mol. The van der Waals surface area contributed by atoms with Gasteiger partial charge in [-0.3, -0.25) is 10.1 Å². The van der Waals surface area contributed by atoms with Gasteiger partial charge in [-0.15, -0.1) is 12.4 Å². The maximum absolute atomic E-state index is 11.1. The summed E-state index contributed by atoms with van der Waals surface area (Å²) in [5.74, 6) is 1.02. The molecule has 0 fully saturated rings. The Morgan fingerprint density at radius 1 is 1.39 bits per heavy atom. The van der Waals surface area contributed by atoms with E-state index in [1.807, 2.05) is 31.2 Å². The number of oxazole rings is 1. The van der Waals surface area contributed by atoms with Gasteiger partial charge in [-0.25, -0.2) is 4.98 Å². The topological polar surface area (TPSA) is 84.6 Å². The third-order valence-electron chi connectivity index (χ3n) is 3.30. The molecular formula is C16H21ClN2O4. The second-order valence-corrected chi connectivity index (χ2v) is 4.91. The van der Waals surface area contributed by atoms with Crippen LogP contribution in [0.4, 0.5) is 0 Å². The maximum Gasteiger partial charge on any atom is 0.320 e. The zero-order valence-electron chi connectivity index (χ0n) is 13.1. The van der Waals surface area contributed by atoms with E-state index in [-0.39, 0.29) is 19.0 Å². The highest BCUT2D eigenvalue weighted by Crippen LogP contribution is 2.23. The summed E-state index contributed by atoms with van der Waals surface area (Å²) in [5, 5.41) is 12.0. The lowest BCUT2D eigenvalue weighted by molar-refractivity contribution is -0.139. The molecule has 0 amide bonds. The summed E-state index contributed by atoms with van der Waals surface area (Å²) in [6, 6.07) is 6.87. The van der Waals surface area contributed by atoms with E-state index < -0.39 is 12.0 Å². The Balaban J connectivity index is 0.00000264. The van der Waals surface area contributed by atoms with Crippen molar-refractivity contribution in [2.75, 3.05) is 7.11 Å². The van der Waals surface area contributed by atoms with Gasteiger partial charge in [-0.05, 0) is 30.7 Å². The van der Waals surface area contributed by atoms with Gasteiger partial charge >= 0.3 is 5.97 Å². The molecule has 1 aromatic heterocycles. The second kappa shape index (κ2) is 9.17. The van der Waals surface area contributed by atoms with Crippen LogP contribution in [0, 0.1) is 0 Å². The third-order valence-corrected chi connectivity index (χ3v) is 3.30. The van der Waals surface area contributed by atoms with Crippen molar-refractivity contribution >= 4 is 18.4 Å². The minimum atomic E-state index is -0.858. The first-order chi connectivity index (χ1) is 10.6. The molecule has 1 aromatic carbocycles. The molecule has 2 aromatic rings. The summed E-state index contributed by atoms with van der Waals surface area (Å²) < 4.78 is 10.8. The summed E-state index contributed by atoms with van der Waals surface area (Å²) in [5.41, 5.74) is 0.892. The Labute approximate surface area is 141 Å². The van der Waals surface area contributed by atoms with E-state index >= 15 is 0 Å². The Morgan fingerprint density at radius 2 is 2.09 bits per heavy atom. The summed E-state index contributed by atoms with van der Waals surface area (Å²) in [6.45, 7) is 2.23. The van der Waals surface area contributed by atoms with Crippen molar-refractivity contribution in [2.24, 2.45) is 0 Å². The maximum atomic E-state index is 11.1. The number of methoxy groups -OCH3 is 1. The van der Waals surface area contributed by atoms with Gasteiger partial charge in [0, 0.05) is 5.56 Å². The van der Waals surface area contributed by atoms with Crippen LogP contribution >= 0.6 is 12.4 Å². The van der Waals surface area contributed by atoms with Crippen LogP contribution in [0.2, 0.25) is 0 Å². The molecule has 0 saturated carbocycles. The predicted octanol–water partition coefficient (Wildman–Crippen LogP) is 3.11. The Morgan fingerprint density at radius 3 is 2.65 bits per heavy atom. The van der Waals surface area contributed by atoms with Crippen molar-refractivity contribution in [1.29, 1.82) is 0 Å². The van der Waals surface area contributed by atoms with Crippen LogP contribution < -0.4 is 10.1 Å². The molecule has 0 radical (unpaired) electrons. The molecule has 0 aliphatic rings. The largest absolute Gasteiger partial charge is 0.497 e. The molecule has 126 valence electrons. The van der Waals surface area contributed by atoms with Gasteiger partial charge in [0.2, 0.25) is 5.89 Å². The second-order valence-electron chi connectivity index (χ2n) is 4.91. The Hall–Kier alpha value is -2.05. The molecule has 1 unspecified atom stereocenters. The number of nitrogens with zero attached hydrogens (tertiary/aromatic N) is 1. The first-order valence-corrected chi connectivity index (χ1v) is 7.19.